The summed E-state index contributed by atoms with van der Waals surface area (Å²) in [7, 11) is 0. The van der Waals surface area contributed by atoms with Crippen LogP contribution in [-0.2, 0) is 5.41 Å². The molecule has 0 unspecified atom stereocenters. The van der Waals surface area contributed by atoms with Crippen molar-refractivity contribution >= 4 is 56.4 Å². The van der Waals surface area contributed by atoms with Crippen molar-refractivity contribution in [1.29, 1.82) is 0 Å². The number of fused-ring (bicyclic) bond motifs is 10. The van der Waals surface area contributed by atoms with Gasteiger partial charge in [-0.1, -0.05) is 134 Å². The van der Waals surface area contributed by atoms with E-state index in [1.807, 2.05) is 11.8 Å². The molecule has 2 heteroatoms. The lowest BCUT2D eigenvalue weighted by atomic mass is 9.33. The molecule has 0 bridgehead atoms. The van der Waals surface area contributed by atoms with E-state index in [1.165, 1.54) is 81.1 Å². The van der Waals surface area contributed by atoms with Crippen LogP contribution in [0.5, 0.6) is 0 Å². The Morgan fingerprint density at radius 2 is 1.38 bits per heavy atom. The first-order valence-corrected chi connectivity index (χ1v) is 14.0. The lowest BCUT2D eigenvalue weighted by molar-refractivity contribution is 0.666. The van der Waals surface area contributed by atoms with Crippen LogP contribution in [0, 0.1) is 0 Å². The fourth-order valence-corrected chi connectivity index (χ4v) is 8.91. The van der Waals surface area contributed by atoms with Gasteiger partial charge in [0.25, 0.3) is 0 Å². The second-order valence-corrected chi connectivity index (χ2v) is 12.3. The van der Waals surface area contributed by atoms with Crippen molar-refractivity contribution in [2.45, 2.75) is 29.1 Å². The maximum atomic E-state index is 2.56. The van der Waals surface area contributed by atoms with Gasteiger partial charge in [0.15, 0.2) is 0 Å². The molecule has 0 saturated carbocycles. The summed E-state index contributed by atoms with van der Waals surface area (Å²) >= 11 is 1.96. The summed E-state index contributed by atoms with van der Waals surface area (Å²) in [6, 6.07) is 39.1. The topological polar surface area (TPSA) is 0 Å². The average molecular weight is 486 g/mol. The first kappa shape index (κ1) is 20.3. The molecule has 0 nitrogen and oxygen atoms in total. The molecule has 1 aliphatic carbocycles. The predicted octanol–water partition coefficient (Wildman–Crippen LogP) is 7.26. The van der Waals surface area contributed by atoms with Crippen molar-refractivity contribution in [2.75, 3.05) is 0 Å². The summed E-state index contributed by atoms with van der Waals surface area (Å²) in [6.45, 7) is 5.05. The molecule has 0 N–H and O–H groups in total. The Labute approximate surface area is 221 Å². The van der Waals surface area contributed by atoms with Crippen molar-refractivity contribution in [2.24, 2.45) is 0 Å². The highest BCUT2D eigenvalue weighted by Crippen LogP contribution is 2.52. The van der Waals surface area contributed by atoms with Crippen molar-refractivity contribution in [3.8, 4) is 22.3 Å². The lowest BCUT2D eigenvalue weighted by Gasteiger charge is -2.35. The van der Waals surface area contributed by atoms with Crippen molar-refractivity contribution in [3.05, 3.63) is 114 Å². The van der Waals surface area contributed by atoms with E-state index in [-0.39, 0.29) is 12.1 Å². The molecule has 0 spiro atoms. The third-order valence-corrected chi connectivity index (χ3v) is 10.3. The van der Waals surface area contributed by atoms with E-state index < -0.39 is 0 Å². The van der Waals surface area contributed by atoms with Gasteiger partial charge in [0.2, 0.25) is 6.71 Å². The van der Waals surface area contributed by atoms with Crippen molar-refractivity contribution in [3.63, 3.8) is 0 Å². The fourth-order valence-electron chi connectivity index (χ4n) is 7.61. The van der Waals surface area contributed by atoms with Crippen LogP contribution in [0.1, 0.15) is 25.0 Å². The molecule has 2 heterocycles. The highest BCUT2D eigenvalue weighted by molar-refractivity contribution is 8.00. The van der Waals surface area contributed by atoms with E-state index in [4.69, 9.17) is 0 Å². The summed E-state index contributed by atoms with van der Waals surface area (Å²) in [6.07, 6.45) is 0. The summed E-state index contributed by atoms with van der Waals surface area (Å²) in [5, 5.41) is 5.55. The Balaban J connectivity index is 1.47. The SMILES string of the molecule is CC1(C)c2ccccc2-c2cc3c4c(cccc4c21)-c1cccc2c1B3c1ccc3ccccc3c1S2. The van der Waals surface area contributed by atoms with E-state index in [9.17, 15) is 0 Å². The molecule has 9 rings (SSSR count). The van der Waals surface area contributed by atoms with E-state index in [1.54, 1.807) is 0 Å². The smallest absolute Gasteiger partial charge is 0.0905 e. The van der Waals surface area contributed by atoms with E-state index in [2.05, 4.69) is 117 Å². The van der Waals surface area contributed by atoms with Crippen molar-refractivity contribution < 1.29 is 0 Å². The number of rotatable bonds is 0. The van der Waals surface area contributed by atoms with Gasteiger partial charge in [-0.15, -0.1) is 0 Å². The molecule has 6 aromatic carbocycles. The van der Waals surface area contributed by atoms with E-state index in [0.717, 1.165) is 0 Å². The fraction of sp³-hybridized carbons (Fsp3) is 0.0857. The van der Waals surface area contributed by atoms with Crippen LogP contribution < -0.4 is 16.4 Å². The first-order valence-electron chi connectivity index (χ1n) is 13.2. The molecule has 0 radical (unpaired) electrons. The van der Waals surface area contributed by atoms with Crippen LogP contribution in [-0.4, -0.2) is 6.71 Å². The van der Waals surface area contributed by atoms with Crippen LogP contribution in [0.4, 0.5) is 0 Å². The monoisotopic (exact) mass is 486 g/mol. The molecule has 0 atom stereocenters. The molecular formula is C35H23BS. The molecule has 3 aliphatic rings. The van der Waals surface area contributed by atoms with Crippen LogP contribution in [0.15, 0.2) is 113 Å². The van der Waals surface area contributed by atoms with Gasteiger partial charge in [-0.3, -0.25) is 0 Å². The Kier molecular flexibility index (Phi) is 3.72. The molecule has 0 amide bonds. The number of benzene rings is 6. The Bertz CT molecular complexity index is 2000. The van der Waals surface area contributed by atoms with Crippen LogP contribution in [0.25, 0.3) is 43.8 Å². The van der Waals surface area contributed by atoms with Gasteiger partial charge in [0.1, 0.15) is 0 Å². The van der Waals surface area contributed by atoms with Gasteiger partial charge < -0.3 is 0 Å². The van der Waals surface area contributed by atoms with Crippen LogP contribution in [0.3, 0.4) is 0 Å². The second kappa shape index (κ2) is 6.76. The standard InChI is InChI=1S/C35H23BS/c1-35(2)27-15-6-5-11-22(27)26-19-29-31-23(12-7-14-25(31)32(26)35)24-13-8-16-30-33(24)36(29)28-18-17-20-9-3-4-10-21(20)34(28)37-30/h3-19H,1-2H3. The minimum absolute atomic E-state index is 0.0261. The van der Waals surface area contributed by atoms with Gasteiger partial charge in [0, 0.05) is 15.2 Å². The second-order valence-electron chi connectivity index (χ2n) is 11.2. The van der Waals surface area contributed by atoms with Gasteiger partial charge in [-0.25, -0.2) is 0 Å². The zero-order valence-corrected chi connectivity index (χ0v) is 21.6. The van der Waals surface area contributed by atoms with Crippen LogP contribution in [0.2, 0.25) is 0 Å². The Hall–Kier alpha value is -3.75. The predicted molar refractivity (Wildman–Crippen MR) is 160 cm³/mol. The maximum absolute atomic E-state index is 2.56. The minimum atomic E-state index is -0.0261. The summed E-state index contributed by atoms with van der Waals surface area (Å²) in [5.74, 6) is 0. The van der Waals surface area contributed by atoms with E-state index >= 15 is 0 Å². The molecule has 0 aromatic heterocycles. The van der Waals surface area contributed by atoms with Gasteiger partial charge in [0.05, 0.1) is 0 Å². The quantitative estimate of drug-likeness (QED) is 0.203. The minimum Gasteiger partial charge on any atom is -0.0905 e. The zero-order chi connectivity index (χ0) is 24.5. The van der Waals surface area contributed by atoms with E-state index in [0.29, 0.717) is 0 Å². The van der Waals surface area contributed by atoms with Gasteiger partial charge in [-0.05, 0) is 66.5 Å². The maximum Gasteiger partial charge on any atom is 0.245 e. The summed E-state index contributed by atoms with van der Waals surface area (Å²) in [4.78, 5) is 2.82. The summed E-state index contributed by atoms with van der Waals surface area (Å²) in [5.41, 5.74) is 12.9. The summed E-state index contributed by atoms with van der Waals surface area (Å²) < 4.78 is 0. The molecular weight excluding hydrogens is 463 g/mol. The molecule has 172 valence electrons. The normalized spacial score (nSPS) is 15.4. The lowest BCUT2D eigenvalue weighted by Crippen LogP contribution is -2.57. The highest BCUT2D eigenvalue weighted by Gasteiger charge is 2.43. The van der Waals surface area contributed by atoms with Gasteiger partial charge >= 0.3 is 0 Å². The number of hydrogen-bond donors (Lipinski definition) is 0. The number of hydrogen-bond acceptors (Lipinski definition) is 1. The molecule has 0 fully saturated rings. The zero-order valence-electron chi connectivity index (χ0n) is 20.8. The molecule has 37 heavy (non-hydrogen) atoms. The molecule has 2 aliphatic heterocycles. The average Bonchev–Trinajstić information content (AvgIpc) is 3.17. The third kappa shape index (κ3) is 2.39. The highest BCUT2D eigenvalue weighted by atomic mass is 32.2. The first-order chi connectivity index (χ1) is 18.1. The molecule has 6 aromatic rings. The Morgan fingerprint density at radius 3 is 2.32 bits per heavy atom. The van der Waals surface area contributed by atoms with Crippen molar-refractivity contribution in [1.82, 2.24) is 0 Å². The Morgan fingerprint density at radius 1 is 0.622 bits per heavy atom. The molecule has 0 saturated heterocycles. The van der Waals surface area contributed by atoms with Gasteiger partial charge in [-0.2, -0.15) is 0 Å². The third-order valence-electron chi connectivity index (χ3n) is 9.10. The largest absolute Gasteiger partial charge is 0.245 e. The van der Waals surface area contributed by atoms with Crippen LogP contribution >= 0.6 is 11.8 Å².